The number of rotatable bonds is 4. The lowest BCUT2D eigenvalue weighted by Gasteiger charge is -2.34. The summed E-state index contributed by atoms with van der Waals surface area (Å²) in [6.45, 7) is 3.32. The highest BCUT2D eigenvalue weighted by Gasteiger charge is 2.23. The molecule has 4 nitrogen and oxygen atoms in total. The summed E-state index contributed by atoms with van der Waals surface area (Å²) >= 11 is 0. The van der Waals surface area contributed by atoms with Gasteiger partial charge in [0.05, 0.1) is 13.2 Å². The first-order chi connectivity index (χ1) is 10.1. The van der Waals surface area contributed by atoms with Crippen LogP contribution in [0.3, 0.4) is 0 Å². The molecule has 0 spiro atoms. The van der Waals surface area contributed by atoms with E-state index in [0.717, 1.165) is 50.3 Å². The molecule has 4 heteroatoms. The average molecular weight is 288 g/mol. The van der Waals surface area contributed by atoms with Crippen LogP contribution in [0.1, 0.15) is 28.8 Å². The van der Waals surface area contributed by atoms with Crippen molar-refractivity contribution in [2.45, 2.75) is 25.3 Å². The summed E-state index contributed by atoms with van der Waals surface area (Å²) in [5.74, 6) is 1.17. The van der Waals surface area contributed by atoms with Crippen LogP contribution in [0.4, 0.5) is 0 Å². The molecule has 114 valence electrons. The van der Waals surface area contributed by atoms with Crippen molar-refractivity contribution in [2.24, 2.45) is 0 Å². The second-order valence-electron chi connectivity index (χ2n) is 6.32. The molecule has 2 aliphatic heterocycles. The van der Waals surface area contributed by atoms with E-state index in [1.165, 1.54) is 5.56 Å². The number of ether oxygens (including phenoxy) is 1. The summed E-state index contributed by atoms with van der Waals surface area (Å²) in [6.07, 6.45) is 3.22. The van der Waals surface area contributed by atoms with Crippen LogP contribution >= 0.6 is 0 Å². The minimum Gasteiger partial charge on any atom is -0.493 e. The molecule has 0 N–H and O–H groups in total. The molecule has 2 aliphatic rings. The molecular weight excluding hydrogens is 264 g/mol. The van der Waals surface area contributed by atoms with Gasteiger partial charge in [0.15, 0.2) is 5.78 Å². The number of benzene rings is 1. The smallest absolute Gasteiger partial charge is 0.176 e. The molecule has 0 bridgehead atoms. The molecule has 0 amide bonds. The Morgan fingerprint density at radius 1 is 1.33 bits per heavy atom. The predicted octanol–water partition coefficient (Wildman–Crippen LogP) is 1.83. The third-order valence-corrected chi connectivity index (χ3v) is 4.67. The van der Waals surface area contributed by atoms with Gasteiger partial charge in [-0.05, 0) is 50.7 Å². The number of ketones is 1. The number of hydrogen-bond acceptors (Lipinski definition) is 4. The van der Waals surface area contributed by atoms with Gasteiger partial charge in [0.25, 0.3) is 0 Å². The molecule has 0 radical (unpaired) electrons. The number of carbonyl (C=O) groups is 1. The molecule has 21 heavy (non-hydrogen) atoms. The Morgan fingerprint density at radius 3 is 2.81 bits per heavy atom. The molecule has 0 aliphatic carbocycles. The zero-order chi connectivity index (χ0) is 14.8. The first-order valence-electron chi connectivity index (χ1n) is 7.81. The maximum absolute atomic E-state index is 12.4. The molecule has 0 saturated carbocycles. The van der Waals surface area contributed by atoms with Gasteiger partial charge < -0.3 is 9.64 Å². The van der Waals surface area contributed by atoms with Crippen molar-refractivity contribution in [3.05, 3.63) is 29.3 Å². The zero-order valence-corrected chi connectivity index (χ0v) is 13.0. The Kier molecular flexibility index (Phi) is 4.27. The summed E-state index contributed by atoms with van der Waals surface area (Å²) in [7, 11) is 4.27. The first kappa shape index (κ1) is 14.5. The van der Waals surface area contributed by atoms with Crippen LogP contribution in [-0.2, 0) is 6.42 Å². The zero-order valence-electron chi connectivity index (χ0n) is 13.0. The molecule has 1 fully saturated rings. The Morgan fingerprint density at radius 2 is 2.10 bits per heavy atom. The fraction of sp³-hybridized carbons (Fsp3) is 0.588. The summed E-state index contributed by atoms with van der Waals surface area (Å²) in [5.41, 5.74) is 2.00. The molecule has 1 aromatic carbocycles. The van der Waals surface area contributed by atoms with E-state index in [9.17, 15) is 4.79 Å². The number of piperidine rings is 1. The van der Waals surface area contributed by atoms with Gasteiger partial charge in [0.2, 0.25) is 0 Å². The quantitative estimate of drug-likeness (QED) is 0.791. The van der Waals surface area contributed by atoms with Crippen LogP contribution in [-0.4, -0.2) is 62.0 Å². The highest BCUT2D eigenvalue weighted by atomic mass is 16.5. The van der Waals surface area contributed by atoms with E-state index in [1.807, 2.05) is 18.2 Å². The van der Waals surface area contributed by atoms with Gasteiger partial charge in [0.1, 0.15) is 5.75 Å². The topological polar surface area (TPSA) is 32.8 Å². The molecule has 1 aromatic rings. The van der Waals surface area contributed by atoms with Crippen LogP contribution in [0.5, 0.6) is 5.75 Å². The number of carbonyl (C=O) groups excluding carboxylic acids is 1. The number of fused-ring (bicyclic) bond motifs is 1. The van der Waals surface area contributed by atoms with Crippen molar-refractivity contribution in [2.75, 3.05) is 40.3 Å². The molecule has 2 heterocycles. The summed E-state index contributed by atoms with van der Waals surface area (Å²) in [4.78, 5) is 17.0. The maximum atomic E-state index is 12.4. The minimum atomic E-state index is 0.230. The van der Waals surface area contributed by atoms with Crippen LogP contribution in [0.25, 0.3) is 0 Å². The first-order valence-corrected chi connectivity index (χ1v) is 7.81. The van der Waals surface area contributed by atoms with Crippen LogP contribution in [0.15, 0.2) is 18.2 Å². The summed E-state index contributed by atoms with van der Waals surface area (Å²) in [6, 6.07) is 6.51. The van der Waals surface area contributed by atoms with Gasteiger partial charge in [-0.3, -0.25) is 9.69 Å². The van der Waals surface area contributed by atoms with Crippen molar-refractivity contribution >= 4 is 5.78 Å². The van der Waals surface area contributed by atoms with E-state index < -0.39 is 0 Å². The third-order valence-electron chi connectivity index (χ3n) is 4.67. The lowest BCUT2D eigenvalue weighted by atomic mass is 10.0. The van der Waals surface area contributed by atoms with E-state index in [0.29, 0.717) is 12.6 Å². The molecule has 0 aromatic heterocycles. The van der Waals surface area contributed by atoms with Gasteiger partial charge in [-0.1, -0.05) is 0 Å². The second-order valence-corrected chi connectivity index (χ2v) is 6.32. The van der Waals surface area contributed by atoms with Crippen molar-refractivity contribution in [1.29, 1.82) is 0 Å². The predicted molar refractivity (Wildman–Crippen MR) is 83.1 cm³/mol. The van der Waals surface area contributed by atoms with Crippen molar-refractivity contribution < 1.29 is 9.53 Å². The molecular formula is C17H24N2O2. The average Bonchev–Trinajstić information content (AvgIpc) is 2.95. The lowest BCUT2D eigenvalue weighted by molar-refractivity contribution is 0.0874. The highest BCUT2D eigenvalue weighted by Crippen LogP contribution is 2.26. The van der Waals surface area contributed by atoms with E-state index >= 15 is 0 Å². The summed E-state index contributed by atoms with van der Waals surface area (Å²) in [5, 5.41) is 0. The fourth-order valence-corrected chi connectivity index (χ4v) is 3.25. The standard InChI is InChI=1S/C17H24N2O2/c1-18(2)15-5-8-19(9-6-15)12-16(20)13-3-4-17-14(11-13)7-10-21-17/h3-4,11,15H,5-10,12H2,1-2H3. The van der Waals surface area contributed by atoms with Crippen molar-refractivity contribution in [1.82, 2.24) is 9.80 Å². The third kappa shape index (κ3) is 3.27. The monoisotopic (exact) mass is 288 g/mol. The van der Waals surface area contributed by atoms with Gasteiger partial charge in [0, 0.05) is 31.1 Å². The van der Waals surface area contributed by atoms with E-state index in [-0.39, 0.29) is 5.78 Å². The van der Waals surface area contributed by atoms with E-state index in [4.69, 9.17) is 4.74 Å². The van der Waals surface area contributed by atoms with Crippen molar-refractivity contribution in [3.63, 3.8) is 0 Å². The molecule has 1 saturated heterocycles. The Balaban J connectivity index is 1.57. The molecule has 3 rings (SSSR count). The Labute approximate surface area is 126 Å². The fourth-order valence-electron chi connectivity index (χ4n) is 3.25. The van der Waals surface area contributed by atoms with E-state index in [2.05, 4.69) is 23.9 Å². The number of likely N-dealkylation sites (tertiary alicyclic amines) is 1. The van der Waals surface area contributed by atoms with Crippen LogP contribution < -0.4 is 4.74 Å². The van der Waals surface area contributed by atoms with Gasteiger partial charge in [-0.15, -0.1) is 0 Å². The van der Waals surface area contributed by atoms with Crippen molar-refractivity contribution in [3.8, 4) is 5.75 Å². The van der Waals surface area contributed by atoms with Gasteiger partial charge in [-0.2, -0.15) is 0 Å². The van der Waals surface area contributed by atoms with E-state index in [1.54, 1.807) is 0 Å². The van der Waals surface area contributed by atoms with Gasteiger partial charge >= 0.3 is 0 Å². The SMILES string of the molecule is CN(C)C1CCN(CC(=O)c2ccc3c(c2)CCO3)CC1. The molecule has 0 atom stereocenters. The summed E-state index contributed by atoms with van der Waals surface area (Å²) < 4.78 is 5.49. The Bertz CT molecular complexity index is 520. The lowest BCUT2D eigenvalue weighted by Crippen LogP contribution is -2.43. The number of hydrogen-bond donors (Lipinski definition) is 0. The largest absolute Gasteiger partial charge is 0.493 e. The minimum absolute atomic E-state index is 0.230. The van der Waals surface area contributed by atoms with Crippen LogP contribution in [0.2, 0.25) is 0 Å². The normalized spacial score (nSPS) is 19.6. The second kappa shape index (κ2) is 6.16. The highest BCUT2D eigenvalue weighted by molar-refractivity contribution is 5.98. The number of nitrogens with zero attached hydrogens (tertiary/aromatic N) is 2. The maximum Gasteiger partial charge on any atom is 0.176 e. The van der Waals surface area contributed by atoms with Gasteiger partial charge in [-0.25, -0.2) is 0 Å². The molecule has 0 unspecified atom stereocenters. The van der Waals surface area contributed by atoms with Crippen LogP contribution in [0, 0.1) is 0 Å². The number of Topliss-reactive ketones (excluding diaryl/α,β-unsaturated/α-hetero) is 1. The Hall–Kier alpha value is -1.39.